The van der Waals surface area contributed by atoms with Gasteiger partial charge in [0.2, 0.25) is 21.8 Å². The van der Waals surface area contributed by atoms with Crippen molar-refractivity contribution in [3.05, 3.63) is 64.7 Å². The highest BCUT2D eigenvalue weighted by Gasteiger charge is 2.32. The van der Waals surface area contributed by atoms with E-state index in [9.17, 15) is 31.2 Å². The first kappa shape index (κ1) is 31.4. The van der Waals surface area contributed by atoms with Crippen molar-refractivity contribution < 1.29 is 31.2 Å². The molecule has 1 atom stereocenters. The first-order chi connectivity index (χ1) is 17.6. The van der Waals surface area contributed by atoms with Crippen LogP contribution in [0, 0.1) is 5.92 Å². The summed E-state index contributed by atoms with van der Waals surface area (Å²) < 4.78 is 65.1. The molecule has 0 aromatic heterocycles. The summed E-state index contributed by atoms with van der Waals surface area (Å²) in [5.74, 6) is -0.563. The van der Waals surface area contributed by atoms with Gasteiger partial charge in [0.15, 0.2) is 0 Å². The Kier molecular flexibility index (Phi) is 11.0. The van der Waals surface area contributed by atoms with Crippen LogP contribution in [0.3, 0.4) is 0 Å². The van der Waals surface area contributed by atoms with Crippen molar-refractivity contribution in [3.63, 3.8) is 0 Å². The zero-order valence-electron chi connectivity index (χ0n) is 21.8. The monoisotopic (exact) mass is 575 g/mol. The number of benzene rings is 2. The molecule has 0 aliphatic rings. The molecule has 2 aromatic rings. The predicted octanol–water partition coefficient (Wildman–Crippen LogP) is 5.09. The highest BCUT2D eigenvalue weighted by molar-refractivity contribution is 7.92. The van der Waals surface area contributed by atoms with Crippen molar-refractivity contribution in [1.29, 1.82) is 0 Å². The van der Waals surface area contributed by atoms with E-state index < -0.39 is 33.7 Å². The van der Waals surface area contributed by atoms with Crippen molar-refractivity contribution in [2.45, 2.75) is 52.4 Å². The van der Waals surface area contributed by atoms with Gasteiger partial charge in [-0.05, 0) is 49.1 Å². The topological polar surface area (TPSA) is 86.8 Å². The Balaban J connectivity index is 2.22. The largest absolute Gasteiger partial charge is 0.416 e. The van der Waals surface area contributed by atoms with Gasteiger partial charge in [-0.25, -0.2) is 8.42 Å². The molecule has 12 heteroatoms. The molecular weight excluding hydrogens is 543 g/mol. The fourth-order valence-corrected chi connectivity index (χ4v) is 4.84. The van der Waals surface area contributed by atoms with Gasteiger partial charge < -0.3 is 10.2 Å². The molecule has 7 nitrogen and oxygen atoms in total. The van der Waals surface area contributed by atoms with Crippen LogP contribution in [-0.4, -0.2) is 50.5 Å². The van der Waals surface area contributed by atoms with Gasteiger partial charge in [0, 0.05) is 31.1 Å². The summed E-state index contributed by atoms with van der Waals surface area (Å²) in [6.07, 6.45) is -3.88. The average Bonchev–Trinajstić information content (AvgIpc) is 2.82. The second kappa shape index (κ2) is 13.3. The SMILES string of the molecule is CC(C)CNC(=O)C(C)N(Cc1ccccc1Cl)C(=O)CCCN(c1cccc(C(F)(F)F)c1)S(C)(=O)=O. The molecular formula is C26H33ClF3N3O4S. The Morgan fingerprint density at radius 2 is 1.71 bits per heavy atom. The van der Waals surface area contributed by atoms with E-state index >= 15 is 0 Å². The van der Waals surface area contributed by atoms with Crippen LogP contribution in [0.15, 0.2) is 48.5 Å². The van der Waals surface area contributed by atoms with Crippen molar-refractivity contribution in [1.82, 2.24) is 10.2 Å². The number of anilines is 1. The van der Waals surface area contributed by atoms with Crippen LogP contribution >= 0.6 is 11.6 Å². The summed E-state index contributed by atoms with van der Waals surface area (Å²) in [5, 5.41) is 3.23. The van der Waals surface area contributed by atoms with Crippen molar-refractivity contribution in [2.75, 3.05) is 23.7 Å². The minimum absolute atomic E-state index is 0.0154. The van der Waals surface area contributed by atoms with E-state index in [0.29, 0.717) is 17.1 Å². The van der Waals surface area contributed by atoms with Crippen molar-refractivity contribution >= 4 is 39.1 Å². The van der Waals surface area contributed by atoms with E-state index in [1.807, 2.05) is 13.8 Å². The molecule has 0 spiro atoms. The quantitative estimate of drug-likeness (QED) is 0.382. The molecule has 1 N–H and O–H groups in total. The van der Waals surface area contributed by atoms with E-state index in [-0.39, 0.29) is 43.4 Å². The number of nitrogens with zero attached hydrogens (tertiary/aromatic N) is 2. The van der Waals surface area contributed by atoms with Crippen molar-refractivity contribution in [2.24, 2.45) is 5.92 Å². The second-order valence-corrected chi connectivity index (χ2v) is 11.7. The van der Waals surface area contributed by atoms with Gasteiger partial charge in [-0.15, -0.1) is 0 Å². The number of hydrogen-bond donors (Lipinski definition) is 1. The van der Waals surface area contributed by atoms with Gasteiger partial charge in [0.25, 0.3) is 0 Å². The van der Waals surface area contributed by atoms with Crippen LogP contribution in [0.1, 0.15) is 44.7 Å². The highest BCUT2D eigenvalue weighted by atomic mass is 35.5. The molecule has 2 aromatic carbocycles. The van der Waals surface area contributed by atoms with Gasteiger partial charge >= 0.3 is 6.18 Å². The van der Waals surface area contributed by atoms with Gasteiger partial charge in [-0.2, -0.15) is 13.2 Å². The number of sulfonamides is 1. The Morgan fingerprint density at radius 3 is 2.29 bits per heavy atom. The maximum absolute atomic E-state index is 13.3. The average molecular weight is 576 g/mol. The lowest BCUT2D eigenvalue weighted by molar-refractivity contribution is -0.140. The normalized spacial score (nSPS) is 12.8. The number of carbonyl (C=O) groups excluding carboxylic acids is 2. The molecule has 0 aliphatic carbocycles. The lowest BCUT2D eigenvalue weighted by atomic mass is 10.1. The summed E-state index contributed by atoms with van der Waals surface area (Å²) in [4.78, 5) is 27.4. The third-order valence-corrected chi connectivity index (χ3v) is 7.33. The first-order valence-electron chi connectivity index (χ1n) is 12.1. The summed E-state index contributed by atoms with van der Waals surface area (Å²) in [7, 11) is -3.94. The molecule has 0 fully saturated rings. The molecule has 0 radical (unpaired) electrons. The number of amides is 2. The number of halogens is 4. The molecule has 0 saturated carbocycles. The van der Waals surface area contributed by atoms with Gasteiger partial charge in [0.05, 0.1) is 17.5 Å². The third kappa shape index (κ3) is 9.20. The zero-order valence-corrected chi connectivity index (χ0v) is 23.3. The number of nitrogens with one attached hydrogen (secondary N) is 1. The van der Waals surface area contributed by atoms with Crippen molar-refractivity contribution in [3.8, 4) is 0 Å². The standard InChI is InChI=1S/C26H33ClF3N3O4S/c1-18(2)16-31-25(35)19(3)32(17-20-9-5-6-12-23(20)27)24(34)13-8-14-33(38(4,36)37)22-11-7-10-21(15-22)26(28,29)30/h5-7,9-12,15,18-19H,8,13-14,16-17H2,1-4H3,(H,31,35). The number of hydrogen-bond acceptors (Lipinski definition) is 4. The van der Waals surface area contributed by atoms with Crippen LogP contribution in [0.2, 0.25) is 5.02 Å². The van der Waals surface area contributed by atoms with Gasteiger partial charge in [-0.1, -0.05) is 49.7 Å². The first-order valence-corrected chi connectivity index (χ1v) is 14.3. The van der Waals surface area contributed by atoms with Gasteiger partial charge in [-0.3, -0.25) is 13.9 Å². The summed E-state index contributed by atoms with van der Waals surface area (Å²) in [5.41, 5.74) is -0.497. The molecule has 38 heavy (non-hydrogen) atoms. The molecule has 1 unspecified atom stereocenters. The van der Waals surface area contributed by atoms with E-state index in [1.54, 1.807) is 31.2 Å². The summed E-state index contributed by atoms with van der Waals surface area (Å²) in [6.45, 7) is 5.73. The van der Waals surface area contributed by atoms with E-state index in [0.717, 1.165) is 28.8 Å². The second-order valence-electron chi connectivity index (χ2n) is 9.41. The Hall–Kier alpha value is -2.79. The van der Waals surface area contributed by atoms with E-state index in [1.165, 1.54) is 11.0 Å². The predicted molar refractivity (Wildman–Crippen MR) is 142 cm³/mol. The molecule has 0 aliphatic heterocycles. The fourth-order valence-electron chi connectivity index (χ4n) is 3.69. The third-order valence-electron chi connectivity index (χ3n) is 5.76. The molecule has 0 saturated heterocycles. The van der Waals surface area contributed by atoms with Crippen LogP contribution < -0.4 is 9.62 Å². The molecule has 210 valence electrons. The van der Waals surface area contributed by atoms with Crippen LogP contribution in [0.25, 0.3) is 0 Å². The van der Waals surface area contributed by atoms with Crippen LogP contribution in [-0.2, 0) is 32.3 Å². The van der Waals surface area contributed by atoms with Crippen LogP contribution in [0.4, 0.5) is 18.9 Å². The zero-order chi connectivity index (χ0) is 28.7. The van der Waals surface area contributed by atoms with Crippen LogP contribution in [0.5, 0.6) is 0 Å². The fraction of sp³-hybridized carbons (Fsp3) is 0.462. The maximum Gasteiger partial charge on any atom is 0.416 e. The number of alkyl halides is 3. The van der Waals surface area contributed by atoms with E-state index in [4.69, 9.17) is 11.6 Å². The Labute approximate surface area is 227 Å². The Morgan fingerprint density at radius 1 is 1.05 bits per heavy atom. The minimum Gasteiger partial charge on any atom is -0.354 e. The summed E-state index contributed by atoms with van der Waals surface area (Å²) in [6, 6.07) is 10.1. The van der Waals surface area contributed by atoms with E-state index in [2.05, 4.69) is 5.32 Å². The molecule has 2 amide bonds. The molecule has 0 bridgehead atoms. The highest BCUT2D eigenvalue weighted by Crippen LogP contribution is 2.32. The minimum atomic E-state index is -4.64. The number of rotatable bonds is 12. The smallest absolute Gasteiger partial charge is 0.354 e. The molecule has 0 heterocycles. The number of carbonyl (C=O) groups is 2. The Bertz CT molecular complexity index is 1220. The summed E-state index contributed by atoms with van der Waals surface area (Å²) >= 11 is 6.28. The molecule has 2 rings (SSSR count). The lowest BCUT2D eigenvalue weighted by Crippen LogP contribution is -2.48. The lowest BCUT2D eigenvalue weighted by Gasteiger charge is -2.30. The van der Waals surface area contributed by atoms with Gasteiger partial charge in [0.1, 0.15) is 6.04 Å². The maximum atomic E-state index is 13.3.